The number of rotatable bonds is 9. The van der Waals surface area contributed by atoms with Crippen molar-refractivity contribution in [2.45, 2.75) is 19.4 Å². The summed E-state index contributed by atoms with van der Waals surface area (Å²) in [5.74, 6) is -0.0924. The highest BCUT2D eigenvalue weighted by atomic mass is 16.5. The molecule has 1 aliphatic rings. The van der Waals surface area contributed by atoms with Gasteiger partial charge in [-0.05, 0) is 80.7 Å². The van der Waals surface area contributed by atoms with Crippen LogP contribution in [0.5, 0.6) is 11.5 Å². The summed E-state index contributed by atoms with van der Waals surface area (Å²) >= 11 is 0. The minimum atomic E-state index is -0.709. The topological polar surface area (TPSA) is 79.3 Å². The molecule has 1 fully saturated rings. The smallest absolute Gasteiger partial charge is 0.295 e. The first-order chi connectivity index (χ1) is 17.3. The van der Waals surface area contributed by atoms with Gasteiger partial charge in [0.25, 0.3) is 11.7 Å². The van der Waals surface area contributed by atoms with Gasteiger partial charge < -0.3 is 24.4 Å². The van der Waals surface area contributed by atoms with E-state index < -0.39 is 17.7 Å². The first-order valence-corrected chi connectivity index (χ1v) is 12.1. The van der Waals surface area contributed by atoms with Gasteiger partial charge in [0.2, 0.25) is 0 Å². The molecule has 0 bridgehead atoms. The van der Waals surface area contributed by atoms with Gasteiger partial charge in [-0.3, -0.25) is 9.59 Å². The Morgan fingerprint density at radius 3 is 2.47 bits per heavy atom. The number of nitrogens with zero attached hydrogens (tertiary/aromatic N) is 2. The average Bonchev–Trinajstić information content (AvgIpc) is 3.13. The fourth-order valence-corrected chi connectivity index (χ4v) is 4.61. The summed E-state index contributed by atoms with van der Waals surface area (Å²) < 4.78 is 11.0. The number of aliphatic hydroxyl groups is 1. The molecule has 0 radical (unpaired) electrons. The minimum absolute atomic E-state index is 0.0892. The molecule has 0 spiro atoms. The van der Waals surface area contributed by atoms with Gasteiger partial charge >= 0.3 is 0 Å². The number of hydrogen-bond acceptors (Lipinski definition) is 6. The van der Waals surface area contributed by atoms with Gasteiger partial charge in [-0.25, -0.2) is 0 Å². The number of methoxy groups -OCH3 is 1. The number of hydrogen-bond donors (Lipinski definition) is 1. The lowest BCUT2D eigenvalue weighted by atomic mass is 9.94. The molecule has 0 aliphatic carbocycles. The van der Waals surface area contributed by atoms with Crippen LogP contribution in [0.4, 0.5) is 0 Å². The largest absolute Gasteiger partial charge is 0.507 e. The summed E-state index contributed by atoms with van der Waals surface area (Å²) in [4.78, 5) is 30.1. The Bertz CT molecular complexity index is 1310. The van der Waals surface area contributed by atoms with Crippen LogP contribution in [0.2, 0.25) is 0 Å². The third-order valence-electron chi connectivity index (χ3n) is 6.35. The first kappa shape index (κ1) is 25.3. The second-order valence-electron chi connectivity index (χ2n) is 9.08. The molecule has 0 saturated carbocycles. The normalized spacial score (nSPS) is 17.2. The highest BCUT2D eigenvalue weighted by molar-refractivity contribution is 6.46. The van der Waals surface area contributed by atoms with Crippen molar-refractivity contribution >= 4 is 28.2 Å². The third-order valence-corrected chi connectivity index (χ3v) is 6.35. The van der Waals surface area contributed by atoms with Gasteiger partial charge in [-0.1, -0.05) is 30.3 Å². The molecule has 4 rings (SSSR count). The Balaban J connectivity index is 1.82. The number of benzene rings is 3. The van der Waals surface area contributed by atoms with Crippen LogP contribution in [-0.4, -0.2) is 67.5 Å². The van der Waals surface area contributed by atoms with E-state index in [4.69, 9.17) is 9.47 Å². The molecule has 1 heterocycles. The standard InChI is InChI=1S/C29H32N2O5/c1-5-36-24-9-6-8-21(18-24)26-25(28(33)29(34)31(26)15-7-14-30(2)3)27(32)22-11-10-20-17-23(35-4)13-12-19(20)16-22/h6,8-13,16-18,26,32H,5,7,14-15H2,1-4H3/b27-25+. The van der Waals surface area contributed by atoms with E-state index in [0.29, 0.717) is 30.9 Å². The zero-order valence-electron chi connectivity index (χ0n) is 21.2. The van der Waals surface area contributed by atoms with E-state index in [2.05, 4.69) is 0 Å². The van der Waals surface area contributed by atoms with Gasteiger partial charge in [0.1, 0.15) is 17.3 Å². The van der Waals surface area contributed by atoms with Gasteiger partial charge in [-0.15, -0.1) is 0 Å². The summed E-state index contributed by atoms with van der Waals surface area (Å²) in [5.41, 5.74) is 1.29. The van der Waals surface area contributed by atoms with E-state index in [1.807, 2.05) is 80.5 Å². The zero-order valence-corrected chi connectivity index (χ0v) is 21.2. The molecule has 36 heavy (non-hydrogen) atoms. The van der Waals surface area contributed by atoms with Crippen LogP contribution < -0.4 is 9.47 Å². The molecule has 3 aromatic rings. The number of carbonyl (C=O) groups is 2. The Morgan fingerprint density at radius 1 is 1.00 bits per heavy atom. The highest BCUT2D eigenvalue weighted by Crippen LogP contribution is 2.40. The van der Waals surface area contributed by atoms with Gasteiger partial charge in [-0.2, -0.15) is 0 Å². The van der Waals surface area contributed by atoms with Crippen LogP contribution >= 0.6 is 0 Å². The van der Waals surface area contributed by atoms with Crippen LogP contribution in [0.1, 0.15) is 30.5 Å². The molecule has 7 nitrogen and oxygen atoms in total. The van der Waals surface area contributed by atoms with Crippen LogP contribution in [0.15, 0.2) is 66.2 Å². The molecular formula is C29H32N2O5. The third kappa shape index (κ3) is 5.06. The maximum atomic E-state index is 13.3. The molecule has 1 unspecified atom stereocenters. The number of aliphatic hydroxyl groups excluding tert-OH is 1. The van der Waals surface area contributed by atoms with Crippen molar-refractivity contribution in [1.29, 1.82) is 0 Å². The molecule has 1 saturated heterocycles. The van der Waals surface area contributed by atoms with E-state index in [9.17, 15) is 14.7 Å². The molecule has 1 aliphatic heterocycles. The summed E-state index contributed by atoms with van der Waals surface area (Å²) in [6.45, 7) is 3.55. The van der Waals surface area contributed by atoms with E-state index >= 15 is 0 Å². The van der Waals surface area contributed by atoms with Crippen molar-refractivity contribution in [3.05, 3.63) is 77.4 Å². The summed E-state index contributed by atoms with van der Waals surface area (Å²) in [7, 11) is 5.54. The second kappa shape index (κ2) is 10.8. The van der Waals surface area contributed by atoms with Crippen LogP contribution in [0.3, 0.4) is 0 Å². The molecule has 1 atom stereocenters. The van der Waals surface area contributed by atoms with E-state index in [1.54, 1.807) is 18.1 Å². The van der Waals surface area contributed by atoms with Crippen molar-refractivity contribution in [2.75, 3.05) is 40.9 Å². The molecule has 7 heteroatoms. The zero-order chi connectivity index (χ0) is 25.8. The monoisotopic (exact) mass is 488 g/mol. The van der Waals surface area contributed by atoms with Gasteiger partial charge in [0, 0.05) is 12.1 Å². The van der Waals surface area contributed by atoms with E-state index in [0.717, 1.165) is 28.6 Å². The van der Waals surface area contributed by atoms with Crippen LogP contribution in [0, 0.1) is 0 Å². The van der Waals surface area contributed by atoms with Crippen molar-refractivity contribution in [1.82, 2.24) is 9.80 Å². The lowest BCUT2D eigenvalue weighted by Gasteiger charge is -2.26. The number of ether oxygens (including phenoxy) is 2. The quantitative estimate of drug-likeness (QED) is 0.269. The number of likely N-dealkylation sites (tertiary alicyclic amines) is 1. The lowest BCUT2D eigenvalue weighted by molar-refractivity contribution is -0.139. The van der Waals surface area contributed by atoms with Crippen LogP contribution in [-0.2, 0) is 9.59 Å². The summed E-state index contributed by atoms with van der Waals surface area (Å²) in [5, 5.41) is 13.2. The maximum absolute atomic E-state index is 13.3. The Hall–Kier alpha value is -3.84. The summed E-state index contributed by atoms with van der Waals surface area (Å²) in [6.07, 6.45) is 0.694. The molecule has 1 N–H and O–H groups in total. The first-order valence-electron chi connectivity index (χ1n) is 12.1. The fraction of sp³-hybridized carbons (Fsp3) is 0.310. The van der Waals surface area contributed by atoms with Crippen molar-refractivity contribution in [3.8, 4) is 11.5 Å². The van der Waals surface area contributed by atoms with Crippen molar-refractivity contribution < 1.29 is 24.2 Å². The Kier molecular flexibility index (Phi) is 7.60. The maximum Gasteiger partial charge on any atom is 0.295 e. The molecule has 3 aromatic carbocycles. The molecule has 1 amide bonds. The molecule has 0 aromatic heterocycles. The van der Waals surface area contributed by atoms with E-state index in [1.165, 1.54) is 0 Å². The molecular weight excluding hydrogens is 456 g/mol. The minimum Gasteiger partial charge on any atom is -0.507 e. The van der Waals surface area contributed by atoms with Crippen LogP contribution in [0.25, 0.3) is 16.5 Å². The number of amides is 1. The lowest BCUT2D eigenvalue weighted by Crippen LogP contribution is -2.32. The van der Waals surface area contributed by atoms with Crippen molar-refractivity contribution in [3.63, 3.8) is 0 Å². The fourth-order valence-electron chi connectivity index (χ4n) is 4.61. The predicted molar refractivity (Wildman–Crippen MR) is 140 cm³/mol. The molecule has 188 valence electrons. The van der Waals surface area contributed by atoms with E-state index in [-0.39, 0.29) is 11.3 Å². The number of carbonyl (C=O) groups excluding carboxylic acids is 2. The highest BCUT2D eigenvalue weighted by Gasteiger charge is 2.45. The van der Waals surface area contributed by atoms with Gasteiger partial charge in [0.15, 0.2) is 0 Å². The van der Waals surface area contributed by atoms with Gasteiger partial charge in [0.05, 0.1) is 25.3 Å². The SMILES string of the molecule is CCOc1cccc(C2/C(=C(\O)c3ccc4cc(OC)ccc4c3)C(=O)C(=O)N2CCCN(C)C)c1. The van der Waals surface area contributed by atoms with Crippen molar-refractivity contribution in [2.24, 2.45) is 0 Å². The number of fused-ring (bicyclic) bond motifs is 1. The summed E-state index contributed by atoms with van der Waals surface area (Å²) in [6, 6.07) is 17.7. The predicted octanol–water partition coefficient (Wildman–Crippen LogP) is 4.62. The second-order valence-corrected chi connectivity index (χ2v) is 9.08. The Labute approximate surface area is 211 Å². The average molecular weight is 489 g/mol. The number of ketones is 1. The number of Topliss-reactive ketones (excluding diaryl/α,β-unsaturated/α-hetero) is 1. The Morgan fingerprint density at radius 2 is 1.75 bits per heavy atom.